The number of alkyl halides is 1. The van der Waals surface area contributed by atoms with Gasteiger partial charge in [-0.25, -0.2) is 4.39 Å². The standard InChI is InChI=1S/C28H29FN2O5/c1-25-9-5-18(32)13-17(25)3-4-19-20-14-23-28(21(33)6-10-30,26(20,2)15-22(34)27(19,25)29)36-24(35-23)16-7-11-31-12-8-16/h5,7-9,11-13,19-20,22-24,34H,3-4,6,14-15H2,1-2H3/t19-,20-,22-,23+,24?,25-,26-,27-,28+/m0/s1. The van der Waals surface area contributed by atoms with Gasteiger partial charge in [0.05, 0.1) is 24.7 Å². The first-order chi connectivity index (χ1) is 17.1. The molecule has 1 aromatic heterocycles. The first-order valence-corrected chi connectivity index (χ1v) is 12.6. The van der Waals surface area contributed by atoms with E-state index in [0.717, 1.165) is 0 Å². The van der Waals surface area contributed by atoms with E-state index in [4.69, 9.17) is 9.47 Å². The Kier molecular flexibility index (Phi) is 5.02. The van der Waals surface area contributed by atoms with Gasteiger partial charge in [0.2, 0.25) is 0 Å². The van der Waals surface area contributed by atoms with E-state index in [2.05, 4.69) is 4.98 Å². The maximum absolute atomic E-state index is 17.4. The summed E-state index contributed by atoms with van der Waals surface area (Å²) in [6.07, 6.45) is 5.83. The van der Waals surface area contributed by atoms with Crippen LogP contribution in [0, 0.1) is 34.0 Å². The zero-order valence-electron chi connectivity index (χ0n) is 20.3. The minimum Gasteiger partial charge on any atom is -0.390 e. The second-order valence-electron chi connectivity index (χ2n) is 11.3. The second kappa shape index (κ2) is 7.64. The van der Waals surface area contributed by atoms with E-state index in [1.807, 2.05) is 13.0 Å². The van der Waals surface area contributed by atoms with Crippen LogP contribution in [0.3, 0.4) is 0 Å². The van der Waals surface area contributed by atoms with Crippen LogP contribution in [-0.2, 0) is 19.1 Å². The minimum absolute atomic E-state index is 0.0184. The Balaban J connectivity index is 1.44. The van der Waals surface area contributed by atoms with Gasteiger partial charge in [0, 0.05) is 34.7 Å². The predicted molar refractivity (Wildman–Crippen MR) is 125 cm³/mol. The van der Waals surface area contributed by atoms with E-state index in [0.29, 0.717) is 30.4 Å². The highest BCUT2D eigenvalue weighted by Gasteiger charge is 2.79. The molecule has 36 heavy (non-hydrogen) atoms. The molecule has 6 rings (SSSR count). The molecule has 1 unspecified atom stereocenters. The quantitative estimate of drug-likeness (QED) is 0.685. The van der Waals surface area contributed by atoms with Crippen LogP contribution in [0.25, 0.3) is 0 Å². The molecule has 1 N–H and O–H groups in total. The Morgan fingerprint density at radius 2 is 2.06 bits per heavy atom. The molecule has 2 heterocycles. The molecule has 1 saturated heterocycles. The summed E-state index contributed by atoms with van der Waals surface area (Å²) in [7, 11) is 0. The molecule has 188 valence electrons. The zero-order chi connectivity index (χ0) is 25.5. The van der Waals surface area contributed by atoms with E-state index in [1.54, 1.807) is 37.5 Å². The normalized spacial score (nSPS) is 46.7. The first kappa shape index (κ1) is 23.7. The zero-order valence-corrected chi connectivity index (χ0v) is 20.3. The summed E-state index contributed by atoms with van der Waals surface area (Å²) in [6.45, 7) is 3.65. The molecular weight excluding hydrogens is 463 g/mol. The molecule has 0 bridgehead atoms. The summed E-state index contributed by atoms with van der Waals surface area (Å²) >= 11 is 0. The molecule has 4 fully saturated rings. The van der Waals surface area contributed by atoms with Crippen molar-refractivity contribution in [2.45, 2.75) is 75.7 Å². The largest absolute Gasteiger partial charge is 0.390 e. The monoisotopic (exact) mass is 492 g/mol. The van der Waals surface area contributed by atoms with Gasteiger partial charge < -0.3 is 14.6 Å². The lowest BCUT2D eigenvalue weighted by molar-refractivity contribution is -0.230. The van der Waals surface area contributed by atoms with Crippen molar-refractivity contribution in [1.82, 2.24) is 4.98 Å². The van der Waals surface area contributed by atoms with Gasteiger partial charge in [-0.05, 0) is 62.8 Å². The SMILES string of the molecule is C[C@]12C=CC(=O)C=C1CC[C@H]1[C@@H]3C[C@H]4OC(c5ccncc5)O[C@@]4(C(=O)CC#N)[C@@]3(C)C[C@H](O)[C@@]12F. The number of nitrogens with zero attached hydrogens (tertiary/aromatic N) is 2. The number of halogens is 1. The Hall–Kier alpha value is -2.73. The molecule has 8 heteroatoms. The summed E-state index contributed by atoms with van der Waals surface area (Å²) in [6, 6.07) is 5.47. The molecule has 5 aliphatic rings. The summed E-state index contributed by atoms with van der Waals surface area (Å²) in [4.78, 5) is 29.8. The number of aliphatic hydroxyl groups is 1. The lowest BCUT2D eigenvalue weighted by Crippen LogP contribution is -2.69. The Labute approximate surface area is 209 Å². The number of ether oxygens (including phenoxy) is 2. The first-order valence-electron chi connectivity index (χ1n) is 12.6. The summed E-state index contributed by atoms with van der Waals surface area (Å²) in [5, 5.41) is 21.0. The molecule has 0 spiro atoms. The average molecular weight is 493 g/mol. The smallest absolute Gasteiger partial charge is 0.185 e. The van der Waals surface area contributed by atoms with Crippen LogP contribution in [0.5, 0.6) is 0 Å². The fourth-order valence-corrected chi connectivity index (χ4v) is 8.33. The Morgan fingerprint density at radius 1 is 1.31 bits per heavy atom. The van der Waals surface area contributed by atoms with Crippen LogP contribution in [0.2, 0.25) is 0 Å². The number of hydrogen-bond donors (Lipinski definition) is 1. The van der Waals surface area contributed by atoms with Gasteiger partial charge in [0.25, 0.3) is 0 Å². The van der Waals surface area contributed by atoms with Crippen LogP contribution in [0.1, 0.15) is 57.8 Å². The van der Waals surface area contributed by atoms with E-state index in [-0.39, 0.29) is 30.3 Å². The number of rotatable bonds is 3. The Bertz CT molecular complexity index is 1240. The fraction of sp³-hybridized carbons (Fsp3) is 0.571. The third kappa shape index (κ3) is 2.69. The van der Waals surface area contributed by atoms with Crippen molar-refractivity contribution >= 4 is 11.6 Å². The van der Waals surface area contributed by atoms with Gasteiger partial charge in [-0.15, -0.1) is 0 Å². The number of ketones is 2. The van der Waals surface area contributed by atoms with Crippen molar-refractivity contribution < 1.29 is 28.6 Å². The van der Waals surface area contributed by atoms with Crippen LogP contribution in [0.4, 0.5) is 4.39 Å². The average Bonchev–Trinajstić information content (AvgIpc) is 3.35. The lowest BCUT2D eigenvalue weighted by atomic mass is 9.44. The highest BCUT2D eigenvalue weighted by Crippen LogP contribution is 2.72. The predicted octanol–water partition coefficient (Wildman–Crippen LogP) is 3.70. The van der Waals surface area contributed by atoms with Crippen molar-refractivity contribution in [3.63, 3.8) is 0 Å². The van der Waals surface area contributed by atoms with Gasteiger partial charge in [0.15, 0.2) is 29.1 Å². The highest BCUT2D eigenvalue weighted by atomic mass is 19.1. The number of nitriles is 1. The summed E-state index contributed by atoms with van der Waals surface area (Å²) in [5.41, 5.74) is -4.14. The summed E-state index contributed by atoms with van der Waals surface area (Å²) in [5.74, 6) is -1.45. The fourth-order valence-electron chi connectivity index (χ4n) is 8.33. The van der Waals surface area contributed by atoms with Gasteiger partial charge >= 0.3 is 0 Å². The Morgan fingerprint density at radius 3 is 2.78 bits per heavy atom. The summed E-state index contributed by atoms with van der Waals surface area (Å²) < 4.78 is 30.2. The maximum Gasteiger partial charge on any atom is 0.185 e. The van der Waals surface area contributed by atoms with E-state index >= 15 is 4.39 Å². The second-order valence-corrected chi connectivity index (χ2v) is 11.3. The minimum atomic E-state index is -2.01. The number of carbonyl (C=O) groups excluding carboxylic acids is 2. The number of aliphatic hydroxyl groups excluding tert-OH is 1. The molecule has 0 radical (unpaired) electrons. The molecule has 0 amide bonds. The molecular formula is C28H29FN2O5. The van der Waals surface area contributed by atoms with Gasteiger partial charge in [-0.1, -0.05) is 18.6 Å². The van der Waals surface area contributed by atoms with Crippen LogP contribution >= 0.6 is 0 Å². The lowest BCUT2D eigenvalue weighted by Gasteiger charge is -2.62. The van der Waals surface area contributed by atoms with Crippen molar-refractivity contribution in [3.05, 3.63) is 53.9 Å². The number of hydrogen-bond acceptors (Lipinski definition) is 7. The molecule has 1 aromatic rings. The molecule has 1 aliphatic heterocycles. The van der Waals surface area contributed by atoms with Crippen LogP contribution < -0.4 is 0 Å². The number of carbonyl (C=O) groups is 2. The van der Waals surface area contributed by atoms with Gasteiger partial charge in [-0.3, -0.25) is 14.6 Å². The number of aromatic nitrogens is 1. The number of allylic oxidation sites excluding steroid dienone is 4. The van der Waals surface area contributed by atoms with E-state index < -0.39 is 46.5 Å². The van der Waals surface area contributed by atoms with Crippen molar-refractivity contribution in [2.24, 2.45) is 22.7 Å². The van der Waals surface area contributed by atoms with Crippen molar-refractivity contribution in [1.29, 1.82) is 5.26 Å². The van der Waals surface area contributed by atoms with Gasteiger partial charge in [-0.2, -0.15) is 5.26 Å². The van der Waals surface area contributed by atoms with E-state index in [1.165, 1.54) is 12.2 Å². The van der Waals surface area contributed by atoms with Crippen LogP contribution in [0.15, 0.2) is 48.3 Å². The molecule has 7 nitrogen and oxygen atoms in total. The molecule has 4 aliphatic carbocycles. The molecule has 3 saturated carbocycles. The van der Waals surface area contributed by atoms with Crippen LogP contribution in [-0.4, -0.2) is 45.1 Å². The number of Topliss-reactive ketones (excluding diaryl/α,β-unsaturated/α-hetero) is 1. The highest BCUT2D eigenvalue weighted by molar-refractivity contribution is 6.01. The third-order valence-electron chi connectivity index (χ3n) is 10.0. The van der Waals surface area contributed by atoms with Gasteiger partial charge in [0.1, 0.15) is 0 Å². The topological polar surface area (TPSA) is 110 Å². The third-order valence-corrected chi connectivity index (χ3v) is 10.0. The van der Waals surface area contributed by atoms with E-state index in [9.17, 15) is 20.0 Å². The number of fused-ring (bicyclic) bond motifs is 7. The maximum atomic E-state index is 17.4. The molecule has 9 atom stereocenters. The molecule has 0 aromatic carbocycles. The van der Waals surface area contributed by atoms with Crippen molar-refractivity contribution in [3.8, 4) is 6.07 Å². The van der Waals surface area contributed by atoms with Crippen molar-refractivity contribution in [2.75, 3.05) is 0 Å². The number of pyridine rings is 1.